The van der Waals surface area contributed by atoms with Crippen LogP contribution < -0.4 is 10.9 Å². The van der Waals surface area contributed by atoms with Crippen LogP contribution in [0.5, 0.6) is 5.75 Å². The lowest BCUT2D eigenvalue weighted by Gasteiger charge is -2.50. The number of aromatic nitrogens is 1. The number of allylic oxidation sites excluding steroid dienone is 10. The van der Waals surface area contributed by atoms with Crippen LogP contribution in [0.25, 0.3) is 0 Å². The summed E-state index contributed by atoms with van der Waals surface area (Å²) < 4.78 is 13.0. The molecule has 1 amide bonds. The lowest BCUT2D eigenvalue weighted by molar-refractivity contribution is -0.314. The molecule has 2 rings (SSSR count). The second kappa shape index (κ2) is 22.5. The highest BCUT2D eigenvalue weighted by Gasteiger charge is 2.54. The van der Waals surface area contributed by atoms with E-state index in [2.05, 4.69) is 5.32 Å². The first kappa shape index (κ1) is 48.0. The average Bonchev–Trinajstić information content (AvgIpc) is 3.14. The monoisotopic (exact) mass is 780 g/mol. The van der Waals surface area contributed by atoms with E-state index < -0.39 is 76.7 Å². The Morgan fingerprint density at radius 2 is 1.77 bits per heavy atom. The van der Waals surface area contributed by atoms with Crippen molar-refractivity contribution >= 4 is 11.7 Å². The Morgan fingerprint density at radius 1 is 1.09 bits per heavy atom. The van der Waals surface area contributed by atoms with E-state index in [0.717, 1.165) is 5.57 Å². The van der Waals surface area contributed by atoms with Crippen molar-refractivity contribution in [1.82, 2.24) is 9.88 Å². The second-order valence-corrected chi connectivity index (χ2v) is 15.1. The van der Waals surface area contributed by atoms with Crippen LogP contribution in [0.2, 0.25) is 0 Å². The molecule has 0 spiro atoms. The van der Waals surface area contributed by atoms with Crippen molar-refractivity contribution in [2.24, 2.45) is 30.2 Å². The minimum atomic E-state index is -1.85. The standard InChI is InChI=1S/C44H64N2O10/c1-10-12-16-24-36-43(6,7)35(49)28-44(54,56-36)32(11-2)41(52)45-26-20-19-22-30(4)40(55-9)31(5)39(51)34(48)23-18-15-13-14-17-21-29(3)38(50)37-33(47)25-27-46(8)42(37)53/h10,12-20,22-25,27,29,31-32,34-36,39-40,47-49,51,54H,11,21,26,28H2,1-9H3,(H,45,52)/b12-10+,15-13-,17-14+,20-19+,23-18-,24-16+,30-22+/t29?,31-,32-,34-,35-,36-,39-,40+,44-/m0/s1. The number of carbonyl (C=O) groups excluding carboxylic acids is 2. The summed E-state index contributed by atoms with van der Waals surface area (Å²) in [5.74, 6) is -4.96. The largest absolute Gasteiger partial charge is 0.507 e. The summed E-state index contributed by atoms with van der Waals surface area (Å²) in [6.07, 6.45) is 20.0. The van der Waals surface area contributed by atoms with Crippen molar-refractivity contribution in [3.63, 3.8) is 0 Å². The van der Waals surface area contributed by atoms with Gasteiger partial charge in [-0.1, -0.05) is 114 Å². The topological polar surface area (TPSA) is 188 Å². The molecule has 1 aromatic rings. The highest BCUT2D eigenvalue weighted by Crippen LogP contribution is 2.44. The summed E-state index contributed by atoms with van der Waals surface area (Å²) in [5.41, 5.74) is -0.660. The van der Waals surface area contributed by atoms with Gasteiger partial charge in [-0.3, -0.25) is 14.4 Å². The van der Waals surface area contributed by atoms with Gasteiger partial charge in [0.05, 0.1) is 36.4 Å². The third kappa shape index (κ3) is 12.9. The van der Waals surface area contributed by atoms with Crippen molar-refractivity contribution in [2.45, 2.75) is 104 Å². The number of aryl methyl sites for hydroxylation is 1. The van der Waals surface area contributed by atoms with E-state index in [9.17, 15) is 39.9 Å². The molecule has 1 fully saturated rings. The molecule has 0 radical (unpaired) electrons. The molecular weight excluding hydrogens is 716 g/mol. The van der Waals surface area contributed by atoms with E-state index in [1.54, 1.807) is 81.5 Å². The Labute approximate surface area is 331 Å². The van der Waals surface area contributed by atoms with Gasteiger partial charge in [0.2, 0.25) is 5.91 Å². The molecule has 0 aliphatic carbocycles. The van der Waals surface area contributed by atoms with E-state index in [1.807, 2.05) is 39.8 Å². The maximum Gasteiger partial charge on any atom is 0.264 e. The number of pyridine rings is 1. The van der Waals surface area contributed by atoms with Gasteiger partial charge in [-0.05, 0) is 38.3 Å². The molecule has 1 saturated heterocycles. The quantitative estimate of drug-likeness (QED) is 0.0778. The molecule has 0 saturated carbocycles. The van der Waals surface area contributed by atoms with Crippen LogP contribution in [-0.2, 0) is 21.3 Å². The van der Waals surface area contributed by atoms with E-state index in [1.165, 1.54) is 37.1 Å². The summed E-state index contributed by atoms with van der Waals surface area (Å²) in [4.78, 5) is 38.2. The summed E-state index contributed by atoms with van der Waals surface area (Å²) in [5, 5.41) is 56.8. The van der Waals surface area contributed by atoms with Gasteiger partial charge in [0.1, 0.15) is 11.3 Å². The first-order valence-electron chi connectivity index (χ1n) is 19.2. The maximum absolute atomic E-state index is 13.2. The number of Topliss-reactive ketones (excluding diaryl/α,β-unsaturated/α-hetero) is 1. The third-order valence-corrected chi connectivity index (χ3v) is 10.4. The Hall–Kier alpha value is -4.17. The summed E-state index contributed by atoms with van der Waals surface area (Å²) in [6, 6.07) is 1.31. The number of aliphatic hydroxyl groups is 4. The molecule has 2 heterocycles. The number of amides is 1. The Balaban J connectivity index is 1.92. The molecule has 1 unspecified atom stereocenters. The molecule has 56 heavy (non-hydrogen) atoms. The number of hydrogen-bond donors (Lipinski definition) is 6. The molecule has 6 N–H and O–H groups in total. The number of methoxy groups -OCH3 is 1. The van der Waals surface area contributed by atoms with Crippen molar-refractivity contribution in [3.8, 4) is 5.75 Å². The third-order valence-electron chi connectivity index (χ3n) is 10.4. The number of nitrogens with zero attached hydrogens (tertiary/aromatic N) is 1. The molecule has 1 aliphatic rings. The number of nitrogens with one attached hydrogen (secondary N) is 1. The van der Waals surface area contributed by atoms with Gasteiger partial charge in [-0.15, -0.1) is 0 Å². The summed E-state index contributed by atoms with van der Waals surface area (Å²) >= 11 is 0. The minimum Gasteiger partial charge on any atom is -0.507 e. The summed E-state index contributed by atoms with van der Waals surface area (Å²) in [7, 11) is 3.03. The zero-order valence-corrected chi connectivity index (χ0v) is 34.3. The number of hydrogen-bond acceptors (Lipinski definition) is 10. The average molecular weight is 781 g/mol. The minimum absolute atomic E-state index is 0.0997. The molecule has 1 aliphatic heterocycles. The first-order valence-corrected chi connectivity index (χ1v) is 19.2. The van der Waals surface area contributed by atoms with Crippen LogP contribution >= 0.6 is 0 Å². The van der Waals surface area contributed by atoms with Crippen LogP contribution in [-0.4, -0.2) is 91.8 Å². The first-order chi connectivity index (χ1) is 26.4. The Bertz CT molecular complexity index is 1720. The number of ether oxygens (including phenoxy) is 2. The fourth-order valence-corrected chi connectivity index (χ4v) is 6.60. The van der Waals surface area contributed by atoms with Gasteiger partial charge >= 0.3 is 0 Å². The zero-order valence-electron chi connectivity index (χ0n) is 34.3. The maximum atomic E-state index is 13.2. The van der Waals surface area contributed by atoms with Gasteiger partial charge in [-0.2, -0.15) is 0 Å². The molecule has 1 aromatic heterocycles. The highest BCUT2D eigenvalue weighted by molar-refractivity contribution is 5.99. The fraction of sp³-hybridized carbons (Fsp3) is 0.523. The predicted octanol–water partition coefficient (Wildman–Crippen LogP) is 4.98. The van der Waals surface area contributed by atoms with Crippen LogP contribution in [0, 0.1) is 23.2 Å². The van der Waals surface area contributed by atoms with E-state index in [-0.39, 0.29) is 24.3 Å². The van der Waals surface area contributed by atoms with Crippen molar-refractivity contribution in [2.75, 3.05) is 13.7 Å². The molecule has 12 heteroatoms. The van der Waals surface area contributed by atoms with E-state index >= 15 is 0 Å². The van der Waals surface area contributed by atoms with Crippen LogP contribution in [0.4, 0.5) is 0 Å². The van der Waals surface area contributed by atoms with Gasteiger partial charge in [0.25, 0.3) is 5.56 Å². The SMILES string of the molecule is C/C=C/C=C/[C@@H]1O[C@](O)([C@@H](CC)C(=O)NC/C=C/C=C(\C)[C@@H](OC)[C@@H](C)[C@H](O)[C@@H](O)\C=C/C=C\C=C\CC(C)C(=O)c2c(O)ccn(C)c2=O)C[C@H](O)C1(C)C. The van der Waals surface area contributed by atoms with Gasteiger partial charge in [0, 0.05) is 50.6 Å². The molecule has 310 valence electrons. The highest BCUT2D eigenvalue weighted by atomic mass is 16.6. The summed E-state index contributed by atoms with van der Waals surface area (Å²) in [6.45, 7) is 12.9. The lowest BCUT2D eigenvalue weighted by atomic mass is 9.72. The van der Waals surface area contributed by atoms with E-state index in [0.29, 0.717) is 12.8 Å². The molecule has 9 atom stereocenters. The van der Waals surface area contributed by atoms with E-state index in [4.69, 9.17) is 9.47 Å². The van der Waals surface area contributed by atoms with Crippen molar-refractivity contribution in [3.05, 3.63) is 113 Å². The number of rotatable bonds is 20. The van der Waals surface area contributed by atoms with Crippen LogP contribution in [0.15, 0.2) is 102 Å². The van der Waals surface area contributed by atoms with Gasteiger partial charge < -0.3 is 44.9 Å². The number of carbonyl (C=O) groups is 2. The molecule has 12 nitrogen and oxygen atoms in total. The zero-order chi connectivity index (χ0) is 42.2. The molecule has 0 bridgehead atoms. The number of aliphatic hydroxyl groups excluding tert-OH is 3. The Kier molecular flexibility index (Phi) is 19.3. The van der Waals surface area contributed by atoms with Crippen LogP contribution in [0.3, 0.4) is 0 Å². The van der Waals surface area contributed by atoms with Crippen molar-refractivity contribution in [1.29, 1.82) is 0 Å². The van der Waals surface area contributed by atoms with Crippen molar-refractivity contribution < 1.29 is 44.6 Å². The van der Waals surface area contributed by atoms with Crippen LogP contribution in [0.1, 0.15) is 78.1 Å². The predicted molar refractivity (Wildman–Crippen MR) is 219 cm³/mol. The molecular formula is C44H64N2O10. The second-order valence-electron chi connectivity index (χ2n) is 15.1. The van der Waals surface area contributed by atoms with Gasteiger partial charge in [0.15, 0.2) is 11.6 Å². The number of ketones is 1. The Morgan fingerprint density at radius 3 is 2.41 bits per heavy atom. The normalized spacial score (nSPS) is 24.1. The molecule has 0 aromatic carbocycles. The number of aromatic hydroxyl groups is 1. The fourth-order valence-electron chi connectivity index (χ4n) is 6.60. The smallest absolute Gasteiger partial charge is 0.264 e. The lowest BCUT2D eigenvalue weighted by Crippen LogP contribution is -2.60. The van der Waals surface area contributed by atoms with Gasteiger partial charge in [-0.25, -0.2) is 0 Å².